The Kier molecular flexibility index (Phi) is 6.96. The first-order valence-corrected chi connectivity index (χ1v) is 10.2. The Morgan fingerprint density at radius 1 is 1.19 bits per heavy atom. The molecule has 0 bridgehead atoms. The van der Waals surface area contributed by atoms with Gasteiger partial charge >= 0.3 is 0 Å². The number of hydrogen-bond acceptors (Lipinski definition) is 3. The van der Waals surface area contributed by atoms with Crippen molar-refractivity contribution in [1.82, 2.24) is 4.90 Å². The average molecular weight is 361 g/mol. The summed E-state index contributed by atoms with van der Waals surface area (Å²) < 4.78 is 5.59. The summed E-state index contributed by atoms with van der Waals surface area (Å²) in [5, 5.41) is 0. The summed E-state index contributed by atoms with van der Waals surface area (Å²) in [5.74, 6) is 1.76. The summed E-state index contributed by atoms with van der Waals surface area (Å²) in [6.45, 7) is 14.4. The molecule has 0 aromatic heterocycles. The van der Waals surface area contributed by atoms with Crippen molar-refractivity contribution in [3.63, 3.8) is 0 Å². The van der Waals surface area contributed by atoms with E-state index in [9.17, 15) is 4.79 Å². The lowest BCUT2D eigenvalue weighted by Crippen LogP contribution is -2.61. The van der Waals surface area contributed by atoms with Gasteiger partial charge in [-0.1, -0.05) is 40.7 Å². The maximum atomic E-state index is 11.8. The van der Waals surface area contributed by atoms with Crippen LogP contribution in [0.1, 0.15) is 65.4 Å². The molecule has 1 amide bonds. The summed E-state index contributed by atoms with van der Waals surface area (Å²) in [7, 11) is 1.75. The lowest BCUT2D eigenvalue weighted by atomic mass is 9.72. The molecule has 4 nitrogen and oxygen atoms in total. The maximum Gasteiger partial charge on any atom is 0.222 e. The predicted molar refractivity (Wildman–Crippen MR) is 109 cm³/mol. The minimum absolute atomic E-state index is 0.303. The molecule has 3 rings (SSSR count). The van der Waals surface area contributed by atoms with E-state index in [4.69, 9.17) is 4.74 Å². The predicted octanol–water partition coefficient (Wildman–Crippen LogP) is 4.68. The van der Waals surface area contributed by atoms with Crippen molar-refractivity contribution in [1.29, 1.82) is 0 Å². The molecular formula is C22H36N2O2. The molecule has 2 aliphatic rings. The van der Waals surface area contributed by atoms with E-state index < -0.39 is 0 Å². The van der Waals surface area contributed by atoms with Gasteiger partial charge in [0.2, 0.25) is 5.91 Å². The highest BCUT2D eigenvalue weighted by Crippen LogP contribution is 2.42. The van der Waals surface area contributed by atoms with Gasteiger partial charge in [-0.25, -0.2) is 0 Å². The SMILES string of the molecule is CC.CCC(=O)N1CC2(CCN(c3ccc(C(C)C)c(OC)c3)CC2)C1. The highest BCUT2D eigenvalue weighted by atomic mass is 16.5. The number of piperidine rings is 1. The minimum atomic E-state index is 0.303. The molecule has 1 spiro atoms. The summed E-state index contributed by atoms with van der Waals surface area (Å²) in [6, 6.07) is 6.61. The van der Waals surface area contributed by atoms with Crippen molar-refractivity contribution in [2.24, 2.45) is 5.41 Å². The molecule has 0 aliphatic carbocycles. The third kappa shape index (κ3) is 4.16. The van der Waals surface area contributed by atoms with Crippen LogP contribution in [0.15, 0.2) is 18.2 Å². The minimum Gasteiger partial charge on any atom is -0.496 e. The van der Waals surface area contributed by atoms with E-state index in [0.717, 1.165) is 31.9 Å². The van der Waals surface area contributed by atoms with E-state index in [2.05, 4.69) is 36.9 Å². The molecule has 2 fully saturated rings. The van der Waals surface area contributed by atoms with Crippen LogP contribution in [0.4, 0.5) is 5.69 Å². The van der Waals surface area contributed by atoms with Crippen LogP contribution in [0, 0.1) is 5.41 Å². The zero-order chi connectivity index (χ0) is 19.3. The second kappa shape index (κ2) is 8.79. The molecule has 0 N–H and O–H groups in total. The number of likely N-dealkylation sites (tertiary alicyclic amines) is 1. The molecule has 2 saturated heterocycles. The van der Waals surface area contributed by atoms with Crippen LogP contribution in [-0.4, -0.2) is 44.1 Å². The lowest BCUT2D eigenvalue weighted by Gasteiger charge is -2.54. The Bertz CT molecular complexity index is 596. The molecule has 0 unspecified atom stereocenters. The van der Waals surface area contributed by atoms with E-state index in [1.54, 1.807) is 7.11 Å². The fraction of sp³-hybridized carbons (Fsp3) is 0.682. The zero-order valence-electron chi connectivity index (χ0n) is 17.5. The van der Waals surface area contributed by atoms with Gasteiger partial charge in [0.05, 0.1) is 7.11 Å². The van der Waals surface area contributed by atoms with Crippen LogP contribution in [0.5, 0.6) is 5.75 Å². The molecule has 0 radical (unpaired) electrons. The first-order valence-electron chi connectivity index (χ1n) is 10.2. The van der Waals surface area contributed by atoms with Crippen molar-refractivity contribution >= 4 is 11.6 Å². The molecule has 2 aliphatic heterocycles. The van der Waals surface area contributed by atoms with Crippen molar-refractivity contribution in [3.05, 3.63) is 23.8 Å². The standard InChI is InChI=1S/C20H30N2O2.C2H6/c1-5-19(23)22-13-20(14-22)8-10-21(11-9-20)16-6-7-17(15(2)3)18(12-16)24-4;1-2/h6-7,12,15H,5,8-11,13-14H2,1-4H3;1-2H3. The fourth-order valence-corrected chi connectivity index (χ4v) is 4.09. The normalized spacial score (nSPS) is 18.3. The van der Waals surface area contributed by atoms with Crippen molar-refractivity contribution in [3.8, 4) is 5.75 Å². The van der Waals surface area contributed by atoms with Crippen LogP contribution in [0.3, 0.4) is 0 Å². The van der Waals surface area contributed by atoms with Crippen LogP contribution in [0.2, 0.25) is 0 Å². The van der Waals surface area contributed by atoms with Gasteiger partial charge in [-0.3, -0.25) is 4.79 Å². The van der Waals surface area contributed by atoms with E-state index in [-0.39, 0.29) is 0 Å². The molecule has 1 aromatic carbocycles. The van der Waals surface area contributed by atoms with Crippen LogP contribution in [-0.2, 0) is 4.79 Å². The Morgan fingerprint density at radius 3 is 2.31 bits per heavy atom. The molecule has 4 heteroatoms. The van der Waals surface area contributed by atoms with E-state index in [0.29, 0.717) is 23.7 Å². The highest BCUT2D eigenvalue weighted by molar-refractivity contribution is 5.76. The Labute approximate surface area is 159 Å². The van der Waals surface area contributed by atoms with Gasteiger partial charge in [-0.2, -0.15) is 0 Å². The molecular weight excluding hydrogens is 324 g/mol. The fourth-order valence-electron chi connectivity index (χ4n) is 4.09. The molecule has 0 atom stereocenters. The third-order valence-corrected chi connectivity index (χ3v) is 5.74. The van der Waals surface area contributed by atoms with Crippen LogP contribution >= 0.6 is 0 Å². The molecule has 1 aromatic rings. The van der Waals surface area contributed by atoms with Crippen molar-refractivity contribution in [2.45, 2.75) is 59.8 Å². The van der Waals surface area contributed by atoms with E-state index in [1.807, 2.05) is 25.7 Å². The Hall–Kier alpha value is -1.71. The summed E-state index contributed by atoms with van der Waals surface area (Å²) in [5.41, 5.74) is 2.90. The highest BCUT2D eigenvalue weighted by Gasteiger charge is 2.46. The lowest BCUT2D eigenvalue weighted by molar-refractivity contribution is -0.144. The second-order valence-electron chi connectivity index (χ2n) is 7.67. The number of rotatable bonds is 4. The third-order valence-electron chi connectivity index (χ3n) is 5.74. The summed E-state index contributed by atoms with van der Waals surface area (Å²) >= 11 is 0. The van der Waals surface area contributed by atoms with Gasteiger partial charge in [0.15, 0.2) is 0 Å². The number of carbonyl (C=O) groups is 1. The topological polar surface area (TPSA) is 32.8 Å². The number of benzene rings is 1. The Morgan fingerprint density at radius 2 is 1.81 bits per heavy atom. The van der Waals surface area contributed by atoms with Crippen LogP contribution in [0.25, 0.3) is 0 Å². The number of methoxy groups -OCH3 is 1. The first-order chi connectivity index (χ1) is 12.5. The average Bonchev–Trinajstić information content (AvgIpc) is 2.66. The smallest absolute Gasteiger partial charge is 0.222 e. The number of anilines is 1. The first kappa shape index (κ1) is 20.6. The molecule has 0 saturated carbocycles. The van der Waals surface area contributed by atoms with Gasteiger partial charge in [-0.05, 0) is 30.4 Å². The monoisotopic (exact) mass is 360 g/mol. The molecule has 2 heterocycles. The number of hydrogen-bond donors (Lipinski definition) is 0. The summed E-state index contributed by atoms with van der Waals surface area (Å²) in [6.07, 6.45) is 2.98. The maximum absolute atomic E-state index is 11.8. The number of ether oxygens (including phenoxy) is 1. The van der Waals surface area contributed by atoms with Gasteiger partial charge in [0.1, 0.15) is 5.75 Å². The van der Waals surface area contributed by atoms with E-state index >= 15 is 0 Å². The van der Waals surface area contributed by atoms with Gasteiger partial charge in [-0.15, -0.1) is 0 Å². The van der Waals surface area contributed by atoms with Crippen LogP contribution < -0.4 is 9.64 Å². The van der Waals surface area contributed by atoms with E-state index in [1.165, 1.54) is 24.1 Å². The number of carbonyl (C=O) groups excluding carboxylic acids is 1. The zero-order valence-corrected chi connectivity index (χ0v) is 17.5. The van der Waals surface area contributed by atoms with Crippen molar-refractivity contribution < 1.29 is 9.53 Å². The van der Waals surface area contributed by atoms with Gasteiger partial charge in [0, 0.05) is 49.8 Å². The number of amides is 1. The van der Waals surface area contributed by atoms with Gasteiger partial charge < -0.3 is 14.5 Å². The van der Waals surface area contributed by atoms with Gasteiger partial charge in [0.25, 0.3) is 0 Å². The second-order valence-corrected chi connectivity index (χ2v) is 7.67. The largest absolute Gasteiger partial charge is 0.496 e. The molecule has 26 heavy (non-hydrogen) atoms. The Balaban J connectivity index is 0.00000117. The summed E-state index contributed by atoms with van der Waals surface area (Å²) in [4.78, 5) is 16.2. The quantitative estimate of drug-likeness (QED) is 0.781. The number of nitrogens with zero attached hydrogens (tertiary/aromatic N) is 2. The molecule has 146 valence electrons. The van der Waals surface area contributed by atoms with Crippen molar-refractivity contribution in [2.75, 3.05) is 38.2 Å².